The summed E-state index contributed by atoms with van der Waals surface area (Å²) < 4.78 is 16.0. The van der Waals surface area contributed by atoms with E-state index in [1.807, 2.05) is 6.92 Å². The number of benzene rings is 2. The van der Waals surface area contributed by atoms with Gasteiger partial charge in [0.05, 0.1) is 30.4 Å². The Kier molecular flexibility index (Phi) is 6.16. The van der Waals surface area contributed by atoms with Gasteiger partial charge >= 0.3 is 0 Å². The zero-order chi connectivity index (χ0) is 18.2. The molecule has 0 bridgehead atoms. The quantitative estimate of drug-likeness (QED) is 0.582. The van der Waals surface area contributed by atoms with Gasteiger partial charge in [0.2, 0.25) is 0 Å². The lowest BCUT2D eigenvalue weighted by Crippen LogP contribution is -2.20. The lowest BCUT2D eigenvalue weighted by Gasteiger charge is -2.13. The number of nitro benzene ring substituents is 1. The molecule has 132 valence electrons. The van der Waals surface area contributed by atoms with Gasteiger partial charge in [0.15, 0.2) is 18.1 Å². The number of amides is 1. The molecule has 0 aliphatic carbocycles. The van der Waals surface area contributed by atoms with Crippen LogP contribution in [-0.2, 0) is 4.79 Å². The molecule has 2 rings (SSSR count). The number of rotatable bonds is 8. The Morgan fingerprint density at radius 3 is 2.40 bits per heavy atom. The number of methoxy groups -OCH3 is 1. The fourth-order valence-corrected chi connectivity index (χ4v) is 2.07. The van der Waals surface area contributed by atoms with Crippen molar-refractivity contribution in [2.75, 3.05) is 25.6 Å². The van der Waals surface area contributed by atoms with Crippen LogP contribution in [0.4, 0.5) is 11.4 Å². The standard InChI is InChI=1S/C17H18N2O6/c1-3-24-14-6-4-5-7-15(14)25-11-17(20)18-13-9-8-12(19(21)22)10-16(13)23-2/h4-10H,3,11H2,1-2H3,(H,18,20). The number of nitrogens with zero attached hydrogens (tertiary/aromatic N) is 1. The van der Waals surface area contributed by atoms with Crippen LogP contribution in [0.2, 0.25) is 0 Å². The average Bonchev–Trinajstić information content (AvgIpc) is 2.61. The maximum atomic E-state index is 12.1. The van der Waals surface area contributed by atoms with Gasteiger partial charge in [-0.05, 0) is 25.1 Å². The van der Waals surface area contributed by atoms with Gasteiger partial charge in [-0.2, -0.15) is 0 Å². The third-order valence-electron chi connectivity index (χ3n) is 3.18. The van der Waals surface area contributed by atoms with Crippen LogP contribution < -0.4 is 19.5 Å². The highest BCUT2D eigenvalue weighted by Gasteiger charge is 2.14. The first-order valence-electron chi connectivity index (χ1n) is 7.52. The number of nitro groups is 1. The van der Waals surface area contributed by atoms with Crippen LogP contribution in [0.3, 0.4) is 0 Å². The van der Waals surface area contributed by atoms with E-state index in [-0.39, 0.29) is 18.0 Å². The molecule has 0 spiro atoms. The molecule has 0 radical (unpaired) electrons. The molecule has 0 unspecified atom stereocenters. The van der Waals surface area contributed by atoms with E-state index < -0.39 is 10.8 Å². The first-order valence-corrected chi connectivity index (χ1v) is 7.52. The molecule has 0 atom stereocenters. The molecular weight excluding hydrogens is 328 g/mol. The molecule has 0 heterocycles. The maximum absolute atomic E-state index is 12.1. The number of carbonyl (C=O) groups is 1. The van der Waals surface area contributed by atoms with Gasteiger partial charge in [-0.1, -0.05) is 12.1 Å². The molecule has 2 aromatic carbocycles. The monoisotopic (exact) mass is 346 g/mol. The van der Waals surface area contributed by atoms with Crippen molar-refractivity contribution in [1.29, 1.82) is 0 Å². The second kappa shape index (κ2) is 8.53. The predicted octanol–water partition coefficient (Wildman–Crippen LogP) is 3.02. The number of non-ortho nitro benzene ring substituents is 1. The summed E-state index contributed by atoms with van der Waals surface area (Å²) in [5, 5.41) is 13.4. The van der Waals surface area contributed by atoms with Crippen LogP contribution in [0.1, 0.15) is 6.92 Å². The Bertz CT molecular complexity index is 763. The number of hydrogen-bond acceptors (Lipinski definition) is 6. The summed E-state index contributed by atoms with van der Waals surface area (Å²) in [4.78, 5) is 22.3. The normalized spacial score (nSPS) is 10.0. The van der Waals surface area contributed by atoms with Crippen LogP contribution in [0.5, 0.6) is 17.2 Å². The van der Waals surface area contributed by atoms with E-state index in [1.54, 1.807) is 24.3 Å². The second-order valence-electron chi connectivity index (χ2n) is 4.86. The summed E-state index contributed by atoms with van der Waals surface area (Å²) in [7, 11) is 1.36. The van der Waals surface area contributed by atoms with Crippen LogP contribution in [-0.4, -0.2) is 31.2 Å². The SMILES string of the molecule is CCOc1ccccc1OCC(=O)Nc1ccc([N+](=O)[O-])cc1OC. The molecule has 25 heavy (non-hydrogen) atoms. The number of hydrogen-bond donors (Lipinski definition) is 1. The molecule has 0 saturated carbocycles. The number of ether oxygens (including phenoxy) is 3. The summed E-state index contributed by atoms with van der Waals surface area (Å²) in [6, 6.07) is 10.9. The predicted molar refractivity (Wildman–Crippen MR) is 91.4 cm³/mol. The van der Waals surface area contributed by atoms with Gasteiger partial charge < -0.3 is 19.5 Å². The summed E-state index contributed by atoms with van der Waals surface area (Å²) in [5.74, 6) is 0.761. The van der Waals surface area contributed by atoms with E-state index in [4.69, 9.17) is 14.2 Å². The first kappa shape index (κ1) is 18.1. The molecule has 0 saturated heterocycles. The molecule has 0 aliphatic heterocycles. The molecule has 8 heteroatoms. The molecule has 1 amide bonds. The molecule has 0 aromatic heterocycles. The minimum absolute atomic E-state index is 0.128. The molecule has 8 nitrogen and oxygen atoms in total. The fraction of sp³-hybridized carbons (Fsp3) is 0.235. The summed E-state index contributed by atoms with van der Waals surface area (Å²) in [5.41, 5.74) is 0.191. The average molecular weight is 346 g/mol. The Balaban J connectivity index is 2.02. The van der Waals surface area contributed by atoms with Crippen molar-refractivity contribution in [3.63, 3.8) is 0 Å². The number of anilines is 1. The van der Waals surface area contributed by atoms with E-state index in [0.29, 0.717) is 23.8 Å². The molecule has 1 N–H and O–H groups in total. The minimum atomic E-state index is -0.540. The van der Waals surface area contributed by atoms with Gasteiger partial charge in [0.1, 0.15) is 5.75 Å². The third kappa shape index (κ3) is 4.84. The maximum Gasteiger partial charge on any atom is 0.273 e. The van der Waals surface area contributed by atoms with E-state index >= 15 is 0 Å². The Labute approximate surface area is 144 Å². The van der Waals surface area contributed by atoms with Crippen LogP contribution >= 0.6 is 0 Å². The molecule has 0 aliphatic rings. The van der Waals surface area contributed by atoms with Crippen LogP contribution in [0.15, 0.2) is 42.5 Å². The van der Waals surface area contributed by atoms with Crippen molar-refractivity contribution in [3.8, 4) is 17.2 Å². The van der Waals surface area contributed by atoms with Gasteiger partial charge in [0.25, 0.3) is 11.6 Å². The topological polar surface area (TPSA) is 99.9 Å². The largest absolute Gasteiger partial charge is 0.494 e. The van der Waals surface area contributed by atoms with E-state index in [9.17, 15) is 14.9 Å². The van der Waals surface area contributed by atoms with Gasteiger partial charge in [-0.3, -0.25) is 14.9 Å². The van der Waals surface area contributed by atoms with E-state index in [2.05, 4.69) is 5.32 Å². The second-order valence-corrected chi connectivity index (χ2v) is 4.86. The highest BCUT2D eigenvalue weighted by atomic mass is 16.6. The van der Waals surface area contributed by atoms with Crippen molar-refractivity contribution in [3.05, 3.63) is 52.6 Å². The van der Waals surface area contributed by atoms with Crippen molar-refractivity contribution in [1.82, 2.24) is 0 Å². The van der Waals surface area contributed by atoms with E-state index in [0.717, 1.165) is 0 Å². The highest BCUT2D eigenvalue weighted by Crippen LogP contribution is 2.29. The van der Waals surface area contributed by atoms with Crippen molar-refractivity contribution in [2.24, 2.45) is 0 Å². The molecule has 0 fully saturated rings. The first-order chi connectivity index (χ1) is 12.0. The van der Waals surface area contributed by atoms with Gasteiger partial charge in [-0.25, -0.2) is 0 Å². The lowest BCUT2D eigenvalue weighted by atomic mass is 10.2. The fourth-order valence-electron chi connectivity index (χ4n) is 2.07. The minimum Gasteiger partial charge on any atom is -0.494 e. The van der Waals surface area contributed by atoms with Crippen molar-refractivity contribution < 1.29 is 23.9 Å². The Morgan fingerprint density at radius 1 is 1.12 bits per heavy atom. The third-order valence-corrected chi connectivity index (χ3v) is 3.18. The number of para-hydroxylation sites is 2. The highest BCUT2D eigenvalue weighted by molar-refractivity contribution is 5.93. The van der Waals surface area contributed by atoms with Gasteiger partial charge in [-0.15, -0.1) is 0 Å². The summed E-state index contributed by atoms with van der Waals surface area (Å²) in [6.07, 6.45) is 0. The van der Waals surface area contributed by atoms with Crippen LogP contribution in [0, 0.1) is 10.1 Å². The van der Waals surface area contributed by atoms with Crippen molar-refractivity contribution in [2.45, 2.75) is 6.92 Å². The summed E-state index contributed by atoms with van der Waals surface area (Å²) >= 11 is 0. The lowest BCUT2D eigenvalue weighted by molar-refractivity contribution is -0.384. The van der Waals surface area contributed by atoms with Crippen molar-refractivity contribution >= 4 is 17.3 Å². The smallest absolute Gasteiger partial charge is 0.273 e. The Hall–Kier alpha value is -3.29. The molecular formula is C17H18N2O6. The van der Waals surface area contributed by atoms with Crippen LogP contribution in [0.25, 0.3) is 0 Å². The molecule has 2 aromatic rings. The summed E-state index contributed by atoms with van der Waals surface area (Å²) in [6.45, 7) is 2.08. The number of carbonyl (C=O) groups excluding carboxylic acids is 1. The van der Waals surface area contributed by atoms with Gasteiger partial charge in [0, 0.05) is 6.07 Å². The zero-order valence-electron chi connectivity index (χ0n) is 13.9. The Morgan fingerprint density at radius 2 is 1.80 bits per heavy atom. The van der Waals surface area contributed by atoms with E-state index in [1.165, 1.54) is 25.3 Å². The zero-order valence-corrected chi connectivity index (χ0v) is 13.9. The number of nitrogens with one attached hydrogen (secondary N) is 1.